The van der Waals surface area contributed by atoms with Gasteiger partial charge < -0.3 is 9.73 Å². The van der Waals surface area contributed by atoms with Gasteiger partial charge in [-0.3, -0.25) is 0 Å². The van der Waals surface area contributed by atoms with Crippen LogP contribution in [0.5, 0.6) is 0 Å². The molecule has 0 saturated heterocycles. The predicted molar refractivity (Wildman–Crippen MR) is 79.7 cm³/mol. The van der Waals surface area contributed by atoms with Crippen LogP contribution in [0.2, 0.25) is 0 Å². The van der Waals surface area contributed by atoms with E-state index in [1.807, 2.05) is 18.3 Å². The summed E-state index contributed by atoms with van der Waals surface area (Å²) in [7, 11) is 0. The third kappa shape index (κ3) is 2.69. The van der Waals surface area contributed by atoms with Gasteiger partial charge in [0.2, 0.25) is 5.89 Å². The molecule has 0 spiro atoms. The number of nitrogens with one attached hydrogen (secondary N) is 1. The molecular weight excluding hydrogens is 280 g/mol. The normalized spacial score (nSPS) is 14.2. The summed E-state index contributed by atoms with van der Waals surface area (Å²) in [5.41, 5.74) is 2.99. The van der Waals surface area contributed by atoms with Crippen LogP contribution in [0.1, 0.15) is 35.9 Å². The highest BCUT2D eigenvalue weighted by Crippen LogP contribution is 2.39. The number of aryl methyl sites for hydroxylation is 1. The van der Waals surface area contributed by atoms with E-state index in [1.165, 1.54) is 5.56 Å². The van der Waals surface area contributed by atoms with E-state index >= 15 is 0 Å². The average Bonchev–Trinajstić information content (AvgIpc) is 3.09. The van der Waals surface area contributed by atoms with Gasteiger partial charge in [-0.25, -0.2) is 4.68 Å². The van der Waals surface area contributed by atoms with E-state index in [0.29, 0.717) is 18.5 Å². The van der Waals surface area contributed by atoms with E-state index in [-0.39, 0.29) is 0 Å². The number of rotatable bonds is 5. The molecule has 1 aliphatic carbocycles. The first kappa shape index (κ1) is 13.0. The predicted octanol–water partition coefficient (Wildman–Crippen LogP) is 2.45. The Morgan fingerprint density at radius 2 is 2.18 bits per heavy atom. The van der Waals surface area contributed by atoms with E-state index in [9.17, 15) is 0 Å². The van der Waals surface area contributed by atoms with Crippen LogP contribution in [0.15, 0.2) is 34.9 Å². The van der Waals surface area contributed by atoms with Crippen molar-refractivity contribution in [3.63, 3.8) is 0 Å². The summed E-state index contributed by atoms with van der Waals surface area (Å²) >= 11 is 0. The number of anilines is 1. The molecule has 22 heavy (non-hydrogen) atoms. The molecule has 2 aromatic heterocycles. The van der Waals surface area contributed by atoms with Crippen LogP contribution in [0, 0.1) is 6.92 Å². The zero-order valence-corrected chi connectivity index (χ0v) is 12.2. The molecule has 3 aromatic rings. The Kier molecular flexibility index (Phi) is 3.10. The number of benzene rings is 1. The fourth-order valence-electron chi connectivity index (χ4n) is 2.24. The molecule has 0 bridgehead atoms. The number of hydrogen-bond donors (Lipinski definition) is 1. The van der Waals surface area contributed by atoms with Gasteiger partial charge in [0.1, 0.15) is 5.69 Å². The van der Waals surface area contributed by atoms with Crippen molar-refractivity contribution in [1.82, 2.24) is 25.2 Å². The Morgan fingerprint density at radius 3 is 3.00 bits per heavy atom. The van der Waals surface area contributed by atoms with Gasteiger partial charge in [0, 0.05) is 5.92 Å². The molecule has 1 aromatic carbocycles. The van der Waals surface area contributed by atoms with Crippen molar-refractivity contribution in [2.24, 2.45) is 0 Å². The highest BCUT2D eigenvalue weighted by Gasteiger charge is 2.29. The molecule has 1 aliphatic rings. The lowest BCUT2D eigenvalue weighted by molar-refractivity contribution is 0.506. The van der Waals surface area contributed by atoms with Crippen molar-refractivity contribution in [1.29, 1.82) is 0 Å². The lowest BCUT2D eigenvalue weighted by atomic mass is 10.2. The maximum atomic E-state index is 5.55. The molecule has 1 N–H and O–H groups in total. The zero-order chi connectivity index (χ0) is 14.9. The van der Waals surface area contributed by atoms with E-state index in [1.54, 1.807) is 4.68 Å². The highest BCUT2D eigenvalue weighted by atomic mass is 16.4. The molecule has 7 heteroatoms. The summed E-state index contributed by atoms with van der Waals surface area (Å²) in [5, 5.41) is 19.4. The molecule has 4 rings (SSSR count). The average molecular weight is 296 g/mol. The lowest BCUT2D eigenvalue weighted by Crippen LogP contribution is -2.00. The van der Waals surface area contributed by atoms with Crippen molar-refractivity contribution < 1.29 is 4.42 Å². The Bertz CT molecular complexity index is 789. The molecule has 1 saturated carbocycles. The molecule has 7 nitrogen and oxygen atoms in total. The quantitative estimate of drug-likeness (QED) is 0.778. The van der Waals surface area contributed by atoms with E-state index in [2.05, 4.69) is 44.9 Å². The summed E-state index contributed by atoms with van der Waals surface area (Å²) in [5.74, 6) is 1.19. The molecule has 0 aliphatic heterocycles. The Balaban J connectivity index is 1.42. The molecule has 0 unspecified atom stereocenters. The van der Waals surface area contributed by atoms with Gasteiger partial charge in [0.15, 0.2) is 0 Å². The zero-order valence-electron chi connectivity index (χ0n) is 12.2. The Morgan fingerprint density at radius 1 is 1.27 bits per heavy atom. The first-order valence-corrected chi connectivity index (χ1v) is 7.33. The topological polar surface area (TPSA) is 81.7 Å². The highest BCUT2D eigenvalue weighted by molar-refractivity contribution is 5.34. The van der Waals surface area contributed by atoms with Gasteiger partial charge in [0.25, 0.3) is 0 Å². The van der Waals surface area contributed by atoms with E-state index in [0.717, 1.165) is 30.1 Å². The molecule has 1 fully saturated rings. The Labute approximate surface area is 127 Å². The van der Waals surface area contributed by atoms with Crippen molar-refractivity contribution in [3.05, 3.63) is 47.6 Å². The van der Waals surface area contributed by atoms with E-state index in [4.69, 9.17) is 4.42 Å². The summed E-state index contributed by atoms with van der Waals surface area (Å²) in [6, 6.07) is 8.55. The molecule has 0 radical (unpaired) electrons. The second-order valence-corrected chi connectivity index (χ2v) is 5.57. The fourth-order valence-corrected chi connectivity index (χ4v) is 2.24. The molecule has 112 valence electrons. The van der Waals surface area contributed by atoms with Crippen LogP contribution in [-0.4, -0.2) is 25.2 Å². The second-order valence-electron chi connectivity index (χ2n) is 5.57. The molecular formula is C15H16N6O. The van der Waals surface area contributed by atoms with Gasteiger partial charge in [0.05, 0.1) is 18.4 Å². The van der Waals surface area contributed by atoms with Crippen LogP contribution in [0.25, 0.3) is 5.69 Å². The summed E-state index contributed by atoms with van der Waals surface area (Å²) in [4.78, 5) is 0. The van der Waals surface area contributed by atoms with Gasteiger partial charge in [-0.05, 0) is 37.5 Å². The van der Waals surface area contributed by atoms with Gasteiger partial charge in [-0.15, -0.1) is 10.2 Å². The smallest absolute Gasteiger partial charge is 0.315 e. The van der Waals surface area contributed by atoms with E-state index < -0.39 is 0 Å². The van der Waals surface area contributed by atoms with Crippen molar-refractivity contribution in [2.45, 2.75) is 32.2 Å². The minimum Gasteiger partial charge on any atom is -0.408 e. The monoisotopic (exact) mass is 296 g/mol. The van der Waals surface area contributed by atoms with Gasteiger partial charge in [-0.1, -0.05) is 22.4 Å². The first-order valence-electron chi connectivity index (χ1n) is 7.33. The maximum Gasteiger partial charge on any atom is 0.315 e. The summed E-state index contributed by atoms with van der Waals surface area (Å²) in [6.07, 6.45) is 4.18. The SMILES string of the molecule is Cc1cccc(-n2cc(CNc3nnc(C4CC4)o3)nn2)c1. The molecule has 2 heterocycles. The van der Waals surface area contributed by atoms with Crippen molar-refractivity contribution in [3.8, 4) is 5.69 Å². The number of hydrogen-bond acceptors (Lipinski definition) is 6. The Hall–Kier alpha value is -2.70. The maximum absolute atomic E-state index is 5.55. The summed E-state index contributed by atoms with van der Waals surface area (Å²) < 4.78 is 7.31. The standard InChI is InChI=1S/C15H16N6O/c1-10-3-2-4-13(7-10)21-9-12(17-20-21)8-16-15-19-18-14(22-15)11-5-6-11/h2-4,7,9,11H,5-6,8H2,1H3,(H,16,19). The summed E-state index contributed by atoms with van der Waals surface area (Å²) in [6.45, 7) is 2.55. The van der Waals surface area contributed by atoms with Crippen LogP contribution < -0.4 is 5.32 Å². The third-order valence-electron chi connectivity index (χ3n) is 3.59. The molecule has 0 atom stereocenters. The minimum atomic E-state index is 0.437. The number of aromatic nitrogens is 5. The van der Waals surface area contributed by atoms with Crippen molar-refractivity contribution >= 4 is 6.01 Å². The van der Waals surface area contributed by atoms with Gasteiger partial charge in [-0.2, -0.15) is 0 Å². The fraction of sp³-hybridized carbons (Fsp3) is 0.333. The largest absolute Gasteiger partial charge is 0.408 e. The van der Waals surface area contributed by atoms with Crippen LogP contribution >= 0.6 is 0 Å². The van der Waals surface area contributed by atoms with Gasteiger partial charge >= 0.3 is 6.01 Å². The van der Waals surface area contributed by atoms with Crippen molar-refractivity contribution in [2.75, 3.05) is 5.32 Å². The molecule has 0 amide bonds. The third-order valence-corrected chi connectivity index (χ3v) is 3.59. The van der Waals surface area contributed by atoms with Crippen LogP contribution in [-0.2, 0) is 6.54 Å². The second kappa shape index (κ2) is 5.25. The van der Waals surface area contributed by atoms with Crippen LogP contribution in [0.4, 0.5) is 6.01 Å². The lowest BCUT2D eigenvalue weighted by Gasteiger charge is -2.00. The number of nitrogens with zero attached hydrogens (tertiary/aromatic N) is 5. The van der Waals surface area contributed by atoms with Crippen LogP contribution in [0.3, 0.4) is 0 Å². The first-order chi connectivity index (χ1) is 10.8. The minimum absolute atomic E-state index is 0.437.